The van der Waals surface area contributed by atoms with Crippen molar-refractivity contribution in [3.8, 4) is 0 Å². The van der Waals surface area contributed by atoms with Gasteiger partial charge in [-0.2, -0.15) is 0 Å². The van der Waals surface area contributed by atoms with Gasteiger partial charge in [-0.15, -0.1) is 0 Å². The molecule has 0 aliphatic heterocycles. The standard InChI is InChI=1S/C29H34.C2H6/c1-6-8-14-29(23(3)4)28(7-2)22-24(5)21-27-19-17-26(18-20-27)16-15-25-12-10-9-11-13-25;1-2/h6,8-14,17-20,22H,1,5,7,15-16,21H2,2-4H3;1-2H3/b14-8-,28-22+;. The molecule has 0 aliphatic rings. The summed E-state index contributed by atoms with van der Waals surface area (Å²) >= 11 is 0. The Labute approximate surface area is 191 Å². The molecule has 0 radical (unpaired) electrons. The second-order valence-electron chi connectivity index (χ2n) is 7.67. The van der Waals surface area contributed by atoms with Crippen molar-refractivity contribution >= 4 is 0 Å². The molecule has 2 aromatic carbocycles. The zero-order valence-electron chi connectivity index (χ0n) is 20.2. The van der Waals surface area contributed by atoms with Crippen LogP contribution in [0.3, 0.4) is 0 Å². The Morgan fingerprint density at radius 1 is 0.839 bits per heavy atom. The summed E-state index contributed by atoms with van der Waals surface area (Å²) in [4.78, 5) is 0. The monoisotopic (exact) mass is 412 g/mol. The van der Waals surface area contributed by atoms with Gasteiger partial charge in [0, 0.05) is 0 Å². The maximum atomic E-state index is 4.31. The van der Waals surface area contributed by atoms with Gasteiger partial charge in [-0.25, -0.2) is 0 Å². The third kappa shape index (κ3) is 9.66. The molecule has 0 saturated carbocycles. The molecule has 0 heteroatoms. The quantitative estimate of drug-likeness (QED) is 0.341. The second-order valence-corrected chi connectivity index (χ2v) is 7.67. The SMILES string of the molecule is C=C/C=C\C(=C(C)C)/C(=C/C(=C)Cc1ccc(CCc2ccccc2)cc1)CC.CC. The van der Waals surface area contributed by atoms with Crippen LogP contribution < -0.4 is 0 Å². The zero-order chi connectivity index (χ0) is 23.1. The van der Waals surface area contributed by atoms with Crippen LogP contribution in [0.2, 0.25) is 0 Å². The van der Waals surface area contributed by atoms with Crippen molar-refractivity contribution in [2.24, 2.45) is 0 Å². The minimum Gasteiger partial charge on any atom is -0.0991 e. The van der Waals surface area contributed by atoms with Crippen LogP contribution in [0.1, 0.15) is 57.7 Å². The third-order valence-corrected chi connectivity index (χ3v) is 5.04. The minimum atomic E-state index is 0.879. The van der Waals surface area contributed by atoms with Gasteiger partial charge in [0.05, 0.1) is 0 Å². The molecule has 0 nitrogen and oxygen atoms in total. The largest absolute Gasteiger partial charge is 0.0991 e. The number of allylic oxidation sites excluding steroid dienone is 8. The first kappa shape index (κ1) is 26.2. The molecular weight excluding hydrogens is 372 g/mol. The van der Waals surface area contributed by atoms with Gasteiger partial charge in [-0.3, -0.25) is 0 Å². The van der Waals surface area contributed by atoms with Crippen molar-refractivity contribution in [1.29, 1.82) is 0 Å². The molecule has 164 valence electrons. The Hall–Kier alpha value is -2.86. The summed E-state index contributed by atoms with van der Waals surface area (Å²) in [5.41, 5.74) is 9.15. The van der Waals surface area contributed by atoms with E-state index in [0.717, 1.165) is 31.3 Å². The van der Waals surface area contributed by atoms with Gasteiger partial charge in [-0.05, 0) is 67.4 Å². The van der Waals surface area contributed by atoms with Gasteiger partial charge >= 0.3 is 0 Å². The number of aryl methyl sites for hydroxylation is 2. The van der Waals surface area contributed by atoms with Gasteiger partial charge in [0.15, 0.2) is 0 Å². The molecule has 0 aliphatic carbocycles. The summed E-state index contributed by atoms with van der Waals surface area (Å²) in [7, 11) is 0. The average Bonchev–Trinajstić information content (AvgIpc) is 2.80. The van der Waals surface area contributed by atoms with E-state index in [4.69, 9.17) is 0 Å². The van der Waals surface area contributed by atoms with Crippen LogP contribution in [-0.4, -0.2) is 0 Å². The van der Waals surface area contributed by atoms with Crippen molar-refractivity contribution < 1.29 is 0 Å². The first-order valence-electron chi connectivity index (χ1n) is 11.5. The van der Waals surface area contributed by atoms with E-state index in [1.807, 2.05) is 26.0 Å². The molecule has 0 atom stereocenters. The fourth-order valence-corrected chi connectivity index (χ4v) is 3.45. The van der Waals surface area contributed by atoms with E-state index in [-0.39, 0.29) is 0 Å². The third-order valence-electron chi connectivity index (χ3n) is 5.04. The fraction of sp³-hybridized carbons (Fsp3) is 0.290. The average molecular weight is 413 g/mol. The minimum absolute atomic E-state index is 0.879. The lowest BCUT2D eigenvalue weighted by atomic mass is 9.94. The maximum absolute atomic E-state index is 4.31. The number of hydrogen-bond acceptors (Lipinski definition) is 0. The Kier molecular flexibility index (Phi) is 12.7. The summed E-state index contributed by atoms with van der Waals surface area (Å²) in [6, 6.07) is 19.7. The Bertz CT molecular complexity index is 883. The highest BCUT2D eigenvalue weighted by Crippen LogP contribution is 2.22. The van der Waals surface area contributed by atoms with Crippen molar-refractivity contribution in [3.05, 3.63) is 131 Å². The van der Waals surface area contributed by atoms with Crippen molar-refractivity contribution in [1.82, 2.24) is 0 Å². The van der Waals surface area contributed by atoms with Gasteiger partial charge in [0.1, 0.15) is 0 Å². The molecule has 0 N–H and O–H groups in total. The molecule has 2 rings (SSSR count). The summed E-state index contributed by atoms with van der Waals surface area (Å²) < 4.78 is 0. The summed E-state index contributed by atoms with van der Waals surface area (Å²) in [5.74, 6) is 0. The summed E-state index contributed by atoms with van der Waals surface area (Å²) in [6.07, 6.45) is 12.2. The van der Waals surface area contributed by atoms with Crippen LogP contribution >= 0.6 is 0 Å². The molecule has 0 spiro atoms. The predicted octanol–water partition coefficient (Wildman–Crippen LogP) is 9.01. The highest BCUT2D eigenvalue weighted by Gasteiger charge is 2.04. The van der Waals surface area contributed by atoms with E-state index in [9.17, 15) is 0 Å². The molecule has 0 fully saturated rings. The molecular formula is C31H40. The molecule has 0 aromatic heterocycles. The van der Waals surface area contributed by atoms with E-state index in [0.29, 0.717) is 0 Å². The predicted molar refractivity (Wildman–Crippen MR) is 141 cm³/mol. The van der Waals surface area contributed by atoms with Crippen LogP contribution in [0.25, 0.3) is 0 Å². The van der Waals surface area contributed by atoms with Crippen LogP contribution in [0.5, 0.6) is 0 Å². The van der Waals surface area contributed by atoms with E-state index in [1.54, 1.807) is 0 Å². The van der Waals surface area contributed by atoms with Crippen molar-refractivity contribution in [2.45, 2.75) is 60.3 Å². The lowest BCUT2D eigenvalue weighted by molar-refractivity contribution is 0.958. The normalized spacial score (nSPS) is 10.9. The summed E-state index contributed by atoms with van der Waals surface area (Å²) in [5, 5.41) is 0. The van der Waals surface area contributed by atoms with E-state index >= 15 is 0 Å². The Morgan fingerprint density at radius 2 is 1.39 bits per heavy atom. The highest BCUT2D eigenvalue weighted by molar-refractivity contribution is 5.46. The molecule has 0 saturated heterocycles. The van der Waals surface area contributed by atoms with Crippen molar-refractivity contribution in [3.63, 3.8) is 0 Å². The van der Waals surface area contributed by atoms with Gasteiger partial charge in [-0.1, -0.05) is 124 Å². The highest BCUT2D eigenvalue weighted by atomic mass is 14.1. The molecule has 2 aromatic rings. The fourth-order valence-electron chi connectivity index (χ4n) is 3.45. The summed E-state index contributed by atoms with van der Waals surface area (Å²) in [6.45, 7) is 18.6. The smallest absolute Gasteiger partial charge is 0.00315 e. The molecule has 0 heterocycles. The number of hydrogen-bond donors (Lipinski definition) is 0. The molecule has 0 unspecified atom stereocenters. The Balaban J connectivity index is 0.00000233. The lowest BCUT2D eigenvalue weighted by Crippen LogP contribution is -1.94. The number of rotatable bonds is 10. The van der Waals surface area contributed by atoms with E-state index in [1.165, 1.54) is 33.4 Å². The Morgan fingerprint density at radius 3 is 1.90 bits per heavy atom. The first-order chi connectivity index (χ1) is 15.0. The van der Waals surface area contributed by atoms with E-state index in [2.05, 4.69) is 101 Å². The van der Waals surface area contributed by atoms with E-state index < -0.39 is 0 Å². The van der Waals surface area contributed by atoms with Gasteiger partial charge in [0.25, 0.3) is 0 Å². The molecule has 31 heavy (non-hydrogen) atoms. The number of benzene rings is 2. The first-order valence-corrected chi connectivity index (χ1v) is 11.5. The zero-order valence-corrected chi connectivity index (χ0v) is 20.2. The molecule has 0 amide bonds. The molecule has 0 bridgehead atoms. The van der Waals surface area contributed by atoms with Crippen LogP contribution in [0, 0.1) is 0 Å². The van der Waals surface area contributed by atoms with Crippen LogP contribution in [-0.2, 0) is 19.3 Å². The maximum Gasteiger partial charge on any atom is -0.00315 e. The van der Waals surface area contributed by atoms with Gasteiger partial charge < -0.3 is 0 Å². The topological polar surface area (TPSA) is 0 Å². The van der Waals surface area contributed by atoms with Crippen molar-refractivity contribution in [2.75, 3.05) is 0 Å². The van der Waals surface area contributed by atoms with Crippen LogP contribution in [0.15, 0.2) is 114 Å². The lowest BCUT2D eigenvalue weighted by Gasteiger charge is -2.11. The second kappa shape index (κ2) is 15.0. The van der Waals surface area contributed by atoms with Gasteiger partial charge in [0.2, 0.25) is 0 Å². The van der Waals surface area contributed by atoms with Crippen LogP contribution in [0.4, 0.5) is 0 Å².